The zero-order valence-electron chi connectivity index (χ0n) is 10.3. The number of hydrogen-bond acceptors (Lipinski definition) is 3. The average molecular weight is 241 g/mol. The molecule has 2 rings (SSSR count). The predicted octanol–water partition coefficient (Wildman–Crippen LogP) is 2.00. The summed E-state index contributed by atoms with van der Waals surface area (Å²) in [6.45, 7) is 0. The molecule has 1 aliphatic carbocycles. The average Bonchev–Trinajstić information content (AvgIpc) is 2.36. The van der Waals surface area contributed by atoms with E-state index in [2.05, 4.69) is 11.1 Å². The molecule has 1 heterocycles. The Morgan fingerprint density at radius 2 is 2.33 bits per heavy atom. The quantitative estimate of drug-likeness (QED) is 0.760. The van der Waals surface area contributed by atoms with E-state index in [0.717, 1.165) is 25.0 Å². The summed E-state index contributed by atoms with van der Waals surface area (Å²) in [6, 6.07) is 7.76. The zero-order valence-corrected chi connectivity index (χ0v) is 10.3. The first-order valence-corrected chi connectivity index (χ1v) is 5.96. The highest BCUT2D eigenvalue weighted by Gasteiger charge is 2.42. The van der Waals surface area contributed by atoms with E-state index in [1.807, 2.05) is 18.2 Å². The number of pyridine rings is 1. The Balaban J connectivity index is 2.05. The third kappa shape index (κ3) is 2.25. The van der Waals surface area contributed by atoms with Crippen molar-refractivity contribution in [2.45, 2.75) is 24.8 Å². The van der Waals surface area contributed by atoms with E-state index < -0.39 is 5.54 Å². The Morgan fingerprint density at radius 1 is 1.56 bits per heavy atom. The molecule has 0 spiro atoms. The first-order chi connectivity index (χ1) is 8.68. The summed E-state index contributed by atoms with van der Waals surface area (Å²) in [5, 5.41) is 9.16. The number of nitriles is 1. The van der Waals surface area contributed by atoms with Crippen LogP contribution in [0.1, 0.15) is 25.0 Å². The molecule has 1 saturated carbocycles. The van der Waals surface area contributed by atoms with Crippen molar-refractivity contribution in [1.29, 1.82) is 5.26 Å². The number of carbonyl (C=O) groups excluding carboxylic acids is 1. The number of likely N-dealkylation sites (N-methyl/N-ethyl adjacent to an activating group) is 1. The molecule has 0 saturated heterocycles. The van der Waals surface area contributed by atoms with E-state index in [1.165, 1.54) is 11.0 Å². The van der Waals surface area contributed by atoms with Gasteiger partial charge in [-0.15, -0.1) is 0 Å². The van der Waals surface area contributed by atoms with E-state index in [-0.39, 0.29) is 5.91 Å². The molecule has 0 unspecified atom stereocenters. The summed E-state index contributed by atoms with van der Waals surface area (Å²) in [5.41, 5.74) is 0.143. The van der Waals surface area contributed by atoms with Gasteiger partial charge in [0.2, 0.25) is 5.91 Å². The fraction of sp³-hybridized carbons (Fsp3) is 0.357. The van der Waals surface area contributed by atoms with Gasteiger partial charge < -0.3 is 4.90 Å². The summed E-state index contributed by atoms with van der Waals surface area (Å²) in [5.74, 6) is -0.151. The molecule has 4 heteroatoms. The van der Waals surface area contributed by atoms with Gasteiger partial charge in [-0.2, -0.15) is 5.26 Å². The normalized spacial score (nSPS) is 16.9. The molecule has 92 valence electrons. The predicted molar refractivity (Wildman–Crippen MR) is 68.2 cm³/mol. The Morgan fingerprint density at radius 3 is 2.83 bits per heavy atom. The van der Waals surface area contributed by atoms with E-state index in [1.54, 1.807) is 19.3 Å². The fourth-order valence-electron chi connectivity index (χ4n) is 1.99. The van der Waals surface area contributed by atoms with Crippen molar-refractivity contribution in [3.05, 3.63) is 36.2 Å². The van der Waals surface area contributed by atoms with Gasteiger partial charge in [0.05, 0.1) is 11.8 Å². The third-order valence-corrected chi connectivity index (χ3v) is 3.45. The van der Waals surface area contributed by atoms with Crippen LogP contribution in [0.3, 0.4) is 0 Å². The summed E-state index contributed by atoms with van der Waals surface area (Å²) >= 11 is 0. The summed E-state index contributed by atoms with van der Waals surface area (Å²) in [4.78, 5) is 17.6. The molecule has 0 bridgehead atoms. The van der Waals surface area contributed by atoms with Crippen LogP contribution in [0.15, 0.2) is 30.5 Å². The van der Waals surface area contributed by atoms with Crippen LogP contribution in [0.25, 0.3) is 6.08 Å². The van der Waals surface area contributed by atoms with Gasteiger partial charge in [0.15, 0.2) is 0 Å². The molecule has 0 N–H and O–H groups in total. The Bertz CT molecular complexity index is 498. The topological polar surface area (TPSA) is 57.0 Å². The molecule has 0 aromatic carbocycles. The molecular formula is C14H15N3O. The van der Waals surface area contributed by atoms with Crippen LogP contribution in [0.2, 0.25) is 0 Å². The number of carbonyl (C=O) groups is 1. The van der Waals surface area contributed by atoms with E-state index in [0.29, 0.717) is 0 Å². The molecule has 4 nitrogen and oxygen atoms in total. The molecule has 0 atom stereocenters. The van der Waals surface area contributed by atoms with Crippen molar-refractivity contribution in [3.8, 4) is 6.07 Å². The van der Waals surface area contributed by atoms with Gasteiger partial charge in [0, 0.05) is 19.3 Å². The third-order valence-electron chi connectivity index (χ3n) is 3.45. The standard InChI is InChI=1S/C14H15N3O/c1-17(14(11-15)8-4-9-14)13(18)7-6-12-5-2-3-10-16-12/h2-3,5-7,10H,4,8-9H2,1H3/b7-6+. The van der Waals surface area contributed by atoms with Crippen molar-refractivity contribution in [2.24, 2.45) is 0 Å². The van der Waals surface area contributed by atoms with Crippen molar-refractivity contribution < 1.29 is 4.79 Å². The highest BCUT2D eigenvalue weighted by atomic mass is 16.2. The lowest BCUT2D eigenvalue weighted by atomic mass is 9.76. The smallest absolute Gasteiger partial charge is 0.247 e. The van der Waals surface area contributed by atoms with Gasteiger partial charge in [-0.25, -0.2) is 0 Å². The molecule has 1 aromatic heterocycles. The molecular weight excluding hydrogens is 226 g/mol. The van der Waals surface area contributed by atoms with E-state index >= 15 is 0 Å². The molecule has 0 radical (unpaired) electrons. The Hall–Kier alpha value is -2.15. The molecule has 1 fully saturated rings. The maximum atomic E-state index is 12.0. The first kappa shape index (κ1) is 12.3. The second kappa shape index (κ2) is 5.01. The number of amides is 1. The first-order valence-electron chi connectivity index (χ1n) is 5.96. The molecule has 0 aliphatic heterocycles. The SMILES string of the molecule is CN(C(=O)/C=C/c1ccccn1)C1(C#N)CCC1. The van der Waals surface area contributed by atoms with Crippen molar-refractivity contribution in [3.63, 3.8) is 0 Å². The number of nitrogens with zero attached hydrogens (tertiary/aromatic N) is 3. The van der Waals surface area contributed by atoms with E-state index in [4.69, 9.17) is 5.26 Å². The van der Waals surface area contributed by atoms with Gasteiger partial charge in [0.1, 0.15) is 5.54 Å². The van der Waals surface area contributed by atoms with Crippen molar-refractivity contribution >= 4 is 12.0 Å². The maximum Gasteiger partial charge on any atom is 0.247 e. The van der Waals surface area contributed by atoms with Crippen LogP contribution in [0.4, 0.5) is 0 Å². The lowest BCUT2D eigenvalue weighted by molar-refractivity contribution is -0.130. The van der Waals surface area contributed by atoms with Crippen LogP contribution < -0.4 is 0 Å². The zero-order chi connectivity index (χ0) is 13.0. The molecule has 18 heavy (non-hydrogen) atoms. The summed E-state index contributed by atoms with van der Waals surface area (Å²) in [7, 11) is 1.69. The second-order valence-corrected chi connectivity index (χ2v) is 4.48. The van der Waals surface area contributed by atoms with Gasteiger partial charge in [-0.3, -0.25) is 9.78 Å². The van der Waals surface area contributed by atoms with E-state index in [9.17, 15) is 4.79 Å². The second-order valence-electron chi connectivity index (χ2n) is 4.48. The van der Waals surface area contributed by atoms with Crippen LogP contribution >= 0.6 is 0 Å². The number of hydrogen-bond donors (Lipinski definition) is 0. The van der Waals surface area contributed by atoms with Gasteiger partial charge in [-0.1, -0.05) is 6.07 Å². The van der Waals surface area contributed by atoms with Crippen LogP contribution in [0, 0.1) is 11.3 Å². The Kier molecular flexibility index (Phi) is 3.42. The molecule has 1 aliphatic rings. The summed E-state index contributed by atoms with van der Waals surface area (Å²) in [6.07, 6.45) is 7.36. The largest absolute Gasteiger partial charge is 0.323 e. The minimum Gasteiger partial charge on any atom is -0.323 e. The highest BCUT2D eigenvalue weighted by Crippen LogP contribution is 2.36. The minimum absolute atomic E-state index is 0.151. The van der Waals surface area contributed by atoms with Crippen LogP contribution in [-0.2, 0) is 4.79 Å². The number of rotatable bonds is 3. The highest BCUT2D eigenvalue weighted by molar-refractivity contribution is 5.92. The summed E-state index contributed by atoms with van der Waals surface area (Å²) < 4.78 is 0. The molecule has 1 amide bonds. The Labute approximate surface area is 107 Å². The lowest BCUT2D eigenvalue weighted by Crippen LogP contribution is -2.52. The van der Waals surface area contributed by atoms with Crippen molar-refractivity contribution in [1.82, 2.24) is 9.88 Å². The van der Waals surface area contributed by atoms with Gasteiger partial charge >= 0.3 is 0 Å². The molecule has 1 aromatic rings. The van der Waals surface area contributed by atoms with Crippen LogP contribution in [-0.4, -0.2) is 28.4 Å². The fourth-order valence-corrected chi connectivity index (χ4v) is 1.99. The van der Waals surface area contributed by atoms with Gasteiger partial charge in [-0.05, 0) is 37.5 Å². The van der Waals surface area contributed by atoms with Crippen molar-refractivity contribution in [2.75, 3.05) is 7.05 Å². The van der Waals surface area contributed by atoms with Crippen LogP contribution in [0.5, 0.6) is 0 Å². The number of aromatic nitrogens is 1. The minimum atomic E-state index is -0.592. The van der Waals surface area contributed by atoms with Gasteiger partial charge in [0.25, 0.3) is 0 Å². The lowest BCUT2D eigenvalue weighted by Gasteiger charge is -2.42. The maximum absolute atomic E-state index is 12.0. The monoisotopic (exact) mass is 241 g/mol.